The Balaban J connectivity index is 1.71. The summed E-state index contributed by atoms with van der Waals surface area (Å²) >= 11 is 0. The second-order valence-electron chi connectivity index (χ2n) is 7.51. The van der Waals surface area contributed by atoms with Crippen LogP contribution in [0.25, 0.3) is 0 Å². The van der Waals surface area contributed by atoms with E-state index < -0.39 is 0 Å². The van der Waals surface area contributed by atoms with Crippen molar-refractivity contribution in [3.8, 4) is 0 Å². The number of para-hydroxylation sites is 1. The number of anilines is 1. The van der Waals surface area contributed by atoms with E-state index >= 15 is 0 Å². The fourth-order valence-electron chi connectivity index (χ4n) is 6.12. The first-order valence-electron chi connectivity index (χ1n) is 8.51. The number of hydrogen-bond acceptors (Lipinski definition) is 2. The van der Waals surface area contributed by atoms with Gasteiger partial charge in [0, 0.05) is 29.7 Å². The predicted octanol–water partition coefficient (Wildman–Crippen LogP) is 3.41. The Morgan fingerprint density at radius 2 is 2.19 bits per heavy atom. The Morgan fingerprint density at radius 3 is 3.05 bits per heavy atom. The van der Waals surface area contributed by atoms with Crippen LogP contribution < -0.4 is 5.32 Å². The Kier molecular flexibility index (Phi) is 2.29. The molecule has 0 amide bonds. The summed E-state index contributed by atoms with van der Waals surface area (Å²) in [6.07, 6.45) is 5.10. The van der Waals surface area contributed by atoms with Crippen molar-refractivity contribution in [2.75, 3.05) is 18.4 Å². The van der Waals surface area contributed by atoms with Crippen molar-refractivity contribution in [1.29, 1.82) is 0 Å². The lowest BCUT2D eigenvalue weighted by Crippen LogP contribution is -2.61. The van der Waals surface area contributed by atoms with Crippen molar-refractivity contribution < 1.29 is 0 Å². The Morgan fingerprint density at radius 1 is 1.33 bits per heavy atom. The summed E-state index contributed by atoms with van der Waals surface area (Å²) < 4.78 is 0. The van der Waals surface area contributed by atoms with E-state index in [1.54, 1.807) is 11.1 Å². The van der Waals surface area contributed by atoms with E-state index in [9.17, 15) is 0 Å². The van der Waals surface area contributed by atoms with Crippen molar-refractivity contribution in [2.45, 2.75) is 44.2 Å². The molecule has 1 spiro atoms. The number of allylic oxidation sites excluding steroid dienone is 1. The zero-order chi connectivity index (χ0) is 14.2. The van der Waals surface area contributed by atoms with Gasteiger partial charge < -0.3 is 5.32 Å². The van der Waals surface area contributed by atoms with Crippen LogP contribution >= 0.6 is 0 Å². The molecule has 0 aromatic heterocycles. The minimum absolute atomic E-state index is 0.381. The highest BCUT2D eigenvalue weighted by Gasteiger charge is 2.64. The molecule has 2 nitrogen and oxygen atoms in total. The minimum atomic E-state index is 0.381. The van der Waals surface area contributed by atoms with Crippen molar-refractivity contribution in [3.05, 3.63) is 41.5 Å². The lowest BCUT2D eigenvalue weighted by molar-refractivity contribution is 0.0642. The zero-order valence-corrected chi connectivity index (χ0v) is 13.0. The van der Waals surface area contributed by atoms with Gasteiger partial charge in [0.05, 0.1) is 0 Å². The molecule has 0 unspecified atom stereocenters. The van der Waals surface area contributed by atoms with E-state index in [1.807, 2.05) is 0 Å². The molecule has 1 saturated carbocycles. The van der Waals surface area contributed by atoms with Gasteiger partial charge in [-0.2, -0.15) is 0 Å². The number of rotatable bonds is 0. The van der Waals surface area contributed by atoms with Gasteiger partial charge in [-0.3, -0.25) is 4.90 Å². The van der Waals surface area contributed by atoms with Gasteiger partial charge in [-0.15, -0.1) is 0 Å². The molecule has 4 aliphatic rings. The van der Waals surface area contributed by atoms with Gasteiger partial charge in [0.15, 0.2) is 0 Å². The van der Waals surface area contributed by atoms with E-state index in [-0.39, 0.29) is 0 Å². The van der Waals surface area contributed by atoms with Crippen LogP contribution in [0.5, 0.6) is 0 Å². The van der Waals surface area contributed by atoms with E-state index in [1.165, 1.54) is 31.6 Å². The molecular formula is C19H24N2. The standard InChI is InChI=1S/C19H24N2/c1-3-13-11-21-9-8-19-15-6-4-5-7-16(15)20-18(19)12(2)14(13)10-17(19)21/h3-7,12,14,17-18,20H,8-11H2,1-2H3/t12-,14+,17-,18-,19+/m0/s1. The molecule has 5 atom stereocenters. The van der Waals surface area contributed by atoms with E-state index in [2.05, 4.69) is 54.4 Å². The Hall–Kier alpha value is -1.28. The fraction of sp³-hybridized carbons (Fsp3) is 0.579. The number of benzene rings is 1. The highest BCUT2D eigenvalue weighted by atomic mass is 15.2. The maximum Gasteiger partial charge on any atom is 0.0405 e. The third-order valence-electron chi connectivity index (χ3n) is 7.01. The molecule has 1 aliphatic carbocycles. The Labute approximate surface area is 127 Å². The maximum atomic E-state index is 3.92. The van der Waals surface area contributed by atoms with Gasteiger partial charge in [0.1, 0.15) is 0 Å². The molecule has 1 aromatic carbocycles. The normalized spacial score (nSPS) is 45.3. The number of piperidine rings is 1. The molecule has 0 radical (unpaired) electrons. The molecule has 110 valence electrons. The van der Waals surface area contributed by atoms with Crippen molar-refractivity contribution >= 4 is 5.69 Å². The first kappa shape index (κ1) is 12.3. The van der Waals surface area contributed by atoms with Crippen LogP contribution in [0.1, 0.15) is 32.3 Å². The molecule has 5 rings (SSSR count). The molecule has 2 saturated heterocycles. The monoisotopic (exact) mass is 280 g/mol. The first-order valence-corrected chi connectivity index (χ1v) is 8.51. The number of fused-ring (bicyclic) bond motifs is 2. The summed E-state index contributed by atoms with van der Waals surface area (Å²) in [7, 11) is 0. The average Bonchev–Trinajstić information content (AvgIpc) is 3.07. The quantitative estimate of drug-likeness (QED) is 0.733. The first-order chi connectivity index (χ1) is 10.3. The molecule has 3 fully saturated rings. The summed E-state index contributed by atoms with van der Waals surface area (Å²) in [6, 6.07) is 10.5. The van der Waals surface area contributed by atoms with Crippen LogP contribution in [0.2, 0.25) is 0 Å². The summed E-state index contributed by atoms with van der Waals surface area (Å²) in [4.78, 5) is 2.77. The topological polar surface area (TPSA) is 15.3 Å². The molecule has 2 bridgehead atoms. The summed E-state index contributed by atoms with van der Waals surface area (Å²) in [5.41, 5.74) is 5.08. The van der Waals surface area contributed by atoms with Crippen molar-refractivity contribution in [2.24, 2.45) is 11.8 Å². The summed E-state index contributed by atoms with van der Waals surface area (Å²) in [5, 5.41) is 3.92. The van der Waals surface area contributed by atoms with Crippen LogP contribution in [0.3, 0.4) is 0 Å². The van der Waals surface area contributed by atoms with Gasteiger partial charge in [-0.25, -0.2) is 0 Å². The molecule has 3 heterocycles. The van der Waals surface area contributed by atoms with Crippen LogP contribution in [0.4, 0.5) is 5.69 Å². The van der Waals surface area contributed by atoms with Gasteiger partial charge in [0.25, 0.3) is 0 Å². The molecule has 1 N–H and O–H groups in total. The summed E-state index contributed by atoms with van der Waals surface area (Å²) in [6.45, 7) is 7.21. The van der Waals surface area contributed by atoms with Crippen LogP contribution in [0, 0.1) is 11.8 Å². The number of nitrogens with one attached hydrogen (secondary N) is 1. The number of hydrogen-bond donors (Lipinski definition) is 1. The van der Waals surface area contributed by atoms with E-state index in [0.717, 1.165) is 17.9 Å². The highest BCUT2D eigenvalue weighted by molar-refractivity contribution is 5.64. The average molecular weight is 280 g/mol. The third kappa shape index (κ3) is 1.29. The van der Waals surface area contributed by atoms with E-state index in [0.29, 0.717) is 11.5 Å². The predicted molar refractivity (Wildman–Crippen MR) is 86.5 cm³/mol. The SMILES string of the molecule is CC=C1CN2CC[C@]34c5ccccc5N[C@H]3[C@@H](C)[C@H]1C[C@H]24. The van der Waals surface area contributed by atoms with Gasteiger partial charge in [-0.1, -0.05) is 36.8 Å². The second-order valence-corrected chi connectivity index (χ2v) is 7.51. The molecular weight excluding hydrogens is 256 g/mol. The Bertz CT molecular complexity index is 634. The molecule has 1 aromatic rings. The van der Waals surface area contributed by atoms with E-state index in [4.69, 9.17) is 0 Å². The van der Waals surface area contributed by atoms with Crippen LogP contribution in [-0.4, -0.2) is 30.1 Å². The molecule has 2 heteroatoms. The zero-order valence-electron chi connectivity index (χ0n) is 13.0. The lowest BCUT2D eigenvalue weighted by atomic mass is 9.56. The number of nitrogens with zero attached hydrogens (tertiary/aromatic N) is 1. The minimum Gasteiger partial charge on any atom is -0.381 e. The van der Waals surface area contributed by atoms with Crippen molar-refractivity contribution in [3.63, 3.8) is 0 Å². The molecule has 21 heavy (non-hydrogen) atoms. The van der Waals surface area contributed by atoms with Gasteiger partial charge in [-0.05, 0) is 49.8 Å². The third-order valence-corrected chi connectivity index (χ3v) is 7.01. The molecule has 3 aliphatic heterocycles. The van der Waals surface area contributed by atoms with Crippen LogP contribution in [0.15, 0.2) is 35.9 Å². The maximum absolute atomic E-state index is 3.92. The van der Waals surface area contributed by atoms with Crippen LogP contribution in [-0.2, 0) is 5.41 Å². The largest absolute Gasteiger partial charge is 0.381 e. The fourth-order valence-corrected chi connectivity index (χ4v) is 6.12. The lowest BCUT2D eigenvalue weighted by Gasteiger charge is -2.54. The van der Waals surface area contributed by atoms with Crippen molar-refractivity contribution in [1.82, 2.24) is 4.90 Å². The van der Waals surface area contributed by atoms with Gasteiger partial charge in [0.2, 0.25) is 0 Å². The summed E-state index contributed by atoms with van der Waals surface area (Å²) in [5.74, 6) is 1.52. The second kappa shape index (κ2) is 3.92. The smallest absolute Gasteiger partial charge is 0.0405 e. The van der Waals surface area contributed by atoms with Gasteiger partial charge >= 0.3 is 0 Å². The highest BCUT2D eigenvalue weighted by Crippen LogP contribution is 2.60.